The Balaban J connectivity index is 2.19. The molecule has 0 aromatic heterocycles. The van der Waals surface area contributed by atoms with E-state index in [0.29, 0.717) is 29.7 Å². The number of aliphatic hydroxyl groups excluding tert-OH is 2. The minimum Gasteiger partial charge on any atom is -0.451 e. The maximum atomic E-state index is 14.2. The summed E-state index contributed by atoms with van der Waals surface area (Å²) in [7, 11) is 0. The Morgan fingerprint density at radius 1 is 1.32 bits per heavy atom. The van der Waals surface area contributed by atoms with Crippen LogP contribution >= 0.6 is 0 Å². The van der Waals surface area contributed by atoms with Crippen LogP contribution in [0.15, 0.2) is 46.6 Å². The molecule has 0 aromatic carbocycles. The van der Waals surface area contributed by atoms with E-state index in [9.17, 15) is 24.9 Å². The van der Waals surface area contributed by atoms with Crippen molar-refractivity contribution in [1.82, 2.24) is 0 Å². The van der Waals surface area contributed by atoms with Crippen LogP contribution in [0.5, 0.6) is 0 Å². The fourth-order valence-corrected chi connectivity index (χ4v) is 6.21. The molecule has 3 rings (SSSR count). The van der Waals surface area contributed by atoms with Crippen molar-refractivity contribution in [1.29, 1.82) is 0 Å². The van der Waals surface area contributed by atoms with E-state index >= 15 is 0 Å². The van der Waals surface area contributed by atoms with Gasteiger partial charge in [-0.25, -0.2) is 4.79 Å². The molecule has 188 valence electrons. The lowest BCUT2D eigenvalue weighted by Gasteiger charge is -2.45. The summed E-state index contributed by atoms with van der Waals surface area (Å²) in [5, 5.41) is 33.9. The number of esters is 1. The van der Waals surface area contributed by atoms with Crippen molar-refractivity contribution >= 4 is 11.8 Å². The van der Waals surface area contributed by atoms with Crippen molar-refractivity contribution in [2.24, 2.45) is 28.4 Å². The average molecular weight is 474 g/mol. The zero-order chi connectivity index (χ0) is 25.6. The minimum atomic E-state index is -2.15. The summed E-state index contributed by atoms with van der Waals surface area (Å²) in [4.78, 5) is 27.2. The van der Waals surface area contributed by atoms with Gasteiger partial charge in [0.05, 0.1) is 12.0 Å². The zero-order valence-electron chi connectivity index (χ0n) is 21.1. The van der Waals surface area contributed by atoms with Crippen LogP contribution in [0, 0.1) is 22.7 Å². The lowest BCUT2D eigenvalue weighted by atomic mass is 9.63. The fraction of sp³-hybridized carbons (Fsp3) is 0.630. The van der Waals surface area contributed by atoms with E-state index in [4.69, 9.17) is 10.5 Å². The van der Waals surface area contributed by atoms with Gasteiger partial charge >= 0.3 is 5.97 Å². The van der Waals surface area contributed by atoms with Crippen molar-refractivity contribution < 1.29 is 29.6 Å². The summed E-state index contributed by atoms with van der Waals surface area (Å²) in [5.41, 5.74) is 3.64. The van der Waals surface area contributed by atoms with E-state index in [1.54, 1.807) is 39.0 Å². The molecule has 0 amide bonds. The van der Waals surface area contributed by atoms with Gasteiger partial charge in [-0.15, -0.1) is 0 Å². The molecule has 1 fully saturated rings. The average Bonchev–Trinajstić information content (AvgIpc) is 2.92. The highest BCUT2D eigenvalue weighted by atomic mass is 16.6. The Kier molecular flexibility index (Phi) is 7.17. The van der Waals surface area contributed by atoms with Crippen LogP contribution in [0.1, 0.15) is 54.4 Å². The molecule has 5 N–H and O–H groups in total. The summed E-state index contributed by atoms with van der Waals surface area (Å²) < 4.78 is 5.83. The largest absolute Gasteiger partial charge is 0.451 e. The van der Waals surface area contributed by atoms with Gasteiger partial charge in [0.25, 0.3) is 0 Å². The molecule has 0 aromatic rings. The second kappa shape index (κ2) is 9.19. The standard InChI is InChI=1S/C27H39NO6/c1-7-8-15(2)17(4)24(32)34-23-16(3)12-26-10-9-19(13-28)25(5,6)20(22(26)31)11-18(14-29)21(30)27(23,26)33/h7-8,11-12,19-21,23,29-30,33H,9-10,13-14,28H2,1-6H3/b8-7-,17-15+. The molecule has 0 saturated heterocycles. The molecule has 2 bridgehead atoms. The first-order chi connectivity index (χ1) is 15.8. The van der Waals surface area contributed by atoms with Gasteiger partial charge in [0.15, 0.2) is 17.5 Å². The van der Waals surface area contributed by atoms with Crippen LogP contribution in [-0.2, 0) is 14.3 Å². The molecular formula is C27H39NO6. The smallest absolute Gasteiger partial charge is 0.334 e. The lowest BCUT2D eigenvalue weighted by Crippen LogP contribution is -2.63. The number of hydrogen-bond donors (Lipinski definition) is 4. The molecule has 7 nitrogen and oxygen atoms in total. The lowest BCUT2D eigenvalue weighted by molar-refractivity contribution is -0.194. The van der Waals surface area contributed by atoms with Gasteiger partial charge in [-0.3, -0.25) is 4.79 Å². The molecule has 1 spiro atoms. The maximum absolute atomic E-state index is 14.2. The van der Waals surface area contributed by atoms with E-state index in [1.807, 2.05) is 26.8 Å². The van der Waals surface area contributed by atoms with E-state index in [1.165, 1.54) is 0 Å². The molecule has 7 heteroatoms. The number of ether oxygens (including phenoxy) is 1. The van der Waals surface area contributed by atoms with E-state index in [2.05, 4.69) is 0 Å². The number of rotatable bonds is 5. The molecule has 34 heavy (non-hydrogen) atoms. The van der Waals surface area contributed by atoms with Gasteiger partial charge in [0.2, 0.25) is 0 Å². The number of allylic oxidation sites excluding steroid dienone is 4. The fourth-order valence-electron chi connectivity index (χ4n) is 6.21. The predicted molar refractivity (Wildman–Crippen MR) is 129 cm³/mol. The molecule has 1 saturated carbocycles. The first-order valence-electron chi connectivity index (χ1n) is 12.0. The first-order valence-corrected chi connectivity index (χ1v) is 12.0. The second-order valence-corrected chi connectivity index (χ2v) is 10.7. The number of aliphatic hydroxyl groups is 3. The minimum absolute atomic E-state index is 0.0134. The third-order valence-corrected chi connectivity index (χ3v) is 8.62. The number of ketones is 1. The number of Topliss-reactive ketones (excluding diaryl/α,β-unsaturated/α-hetero) is 1. The van der Waals surface area contributed by atoms with Gasteiger partial charge in [-0.05, 0) is 75.1 Å². The van der Waals surface area contributed by atoms with Crippen molar-refractivity contribution in [2.45, 2.75) is 72.2 Å². The van der Waals surface area contributed by atoms with Gasteiger partial charge in [0.1, 0.15) is 6.10 Å². The molecule has 6 atom stereocenters. The van der Waals surface area contributed by atoms with E-state index < -0.39 is 47.1 Å². The topological polar surface area (TPSA) is 130 Å². The quantitative estimate of drug-likeness (QED) is 0.209. The second-order valence-electron chi connectivity index (χ2n) is 10.7. The predicted octanol–water partition coefficient (Wildman–Crippen LogP) is 2.36. The first kappa shape index (κ1) is 26.5. The Labute approximate surface area is 202 Å². The van der Waals surface area contributed by atoms with Gasteiger partial charge in [-0.1, -0.05) is 38.2 Å². The molecule has 0 heterocycles. The highest BCUT2D eigenvalue weighted by molar-refractivity contribution is 5.95. The number of carbonyl (C=O) groups excluding carboxylic acids is 2. The summed E-state index contributed by atoms with van der Waals surface area (Å²) >= 11 is 0. The molecule has 0 aliphatic heterocycles. The Morgan fingerprint density at radius 3 is 2.53 bits per heavy atom. The van der Waals surface area contributed by atoms with Crippen LogP contribution < -0.4 is 5.73 Å². The highest BCUT2D eigenvalue weighted by Crippen LogP contribution is 2.60. The zero-order valence-corrected chi connectivity index (χ0v) is 21.1. The van der Waals surface area contributed by atoms with Crippen molar-refractivity contribution in [3.05, 3.63) is 46.6 Å². The van der Waals surface area contributed by atoms with Crippen LogP contribution in [0.2, 0.25) is 0 Å². The van der Waals surface area contributed by atoms with Crippen molar-refractivity contribution in [3.63, 3.8) is 0 Å². The summed E-state index contributed by atoms with van der Waals surface area (Å²) in [6.45, 7) is 10.7. The van der Waals surface area contributed by atoms with Gasteiger partial charge < -0.3 is 25.8 Å². The van der Waals surface area contributed by atoms with Crippen LogP contribution in [-0.4, -0.2) is 58.0 Å². The third kappa shape index (κ3) is 3.65. The molecule has 6 unspecified atom stereocenters. The molecule has 3 aliphatic carbocycles. The van der Waals surface area contributed by atoms with Crippen LogP contribution in [0.4, 0.5) is 0 Å². The molecule has 3 aliphatic rings. The number of fused-ring (bicyclic) bond motifs is 1. The Hall–Kier alpha value is -2.06. The van der Waals surface area contributed by atoms with Gasteiger partial charge in [-0.2, -0.15) is 0 Å². The highest BCUT2D eigenvalue weighted by Gasteiger charge is 2.71. The Morgan fingerprint density at radius 2 is 1.97 bits per heavy atom. The normalized spacial score (nSPS) is 37.9. The Bertz CT molecular complexity index is 989. The SMILES string of the molecule is C/C=C\C(C)=C(/C)C(=O)OC1C(C)=CC23CCC(CN)C(C)(C)C(C=C(CO)C(O)C12O)C3=O. The number of nitrogens with two attached hydrogens (primary N) is 1. The molecule has 0 radical (unpaired) electrons. The summed E-state index contributed by atoms with van der Waals surface area (Å²) in [5.74, 6) is -1.57. The van der Waals surface area contributed by atoms with Crippen molar-refractivity contribution in [2.75, 3.05) is 13.2 Å². The maximum Gasteiger partial charge on any atom is 0.334 e. The summed E-state index contributed by atoms with van der Waals surface area (Å²) in [6, 6.07) is 0. The third-order valence-electron chi connectivity index (χ3n) is 8.62. The molecular weight excluding hydrogens is 434 g/mol. The number of hydrogen-bond acceptors (Lipinski definition) is 7. The van der Waals surface area contributed by atoms with Gasteiger partial charge in [0, 0.05) is 11.5 Å². The van der Waals surface area contributed by atoms with E-state index in [-0.39, 0.29) is 23.7 Å². The number of carbonyl (C=O) groups is 2. The monoisotopic (exact) mass is 473 g/mol. The summed E-state index contributed by atoms with van der Waals surface area (Å²) in [6.07, 6.45) is 4.85. The van der Waals surface area contributed by atoms with Crippen LogP contribution in [0.25, 0.3) is 0 Å². The van der Waals surface area contributed by atoms with E-state index in [0.717, 1.165) is 0 Å². The van der Waals surface area contributed by atoms with Crippen molar-refractivity contribution in [3.8, 4) is 0 Å². The van der Waals surface area contributed by atoms with Crippen LogP contribution in [0.3, 0.4) is 0 Å².